The standard InChI is InChI=1S/C23H21N5O/c1-26-14-19(13-25-26)22-16-27(15-18-6-2-3-9-21(18)22)23(29)17-7-4-8-20(12-17)28-11-5-10-24-28/h2-14,22H,15-16H2,1H3/t22-/m1/s1. The second kappa shape index (κ2) is 7.05. The van der Waals surface area contributed by atoms with E-state index < -0.39 is 0 Å². The van der Waals surface area contributed by atoms with Crippen LogP contribution in [0.3, 0.4) is 0 Å². The first-order valence-electron chi connectivity index (χ1n) is 9.65. The summed E-state index contributed by atoms with van der Waals surface area (Å²) in [5, 5.41) is 8.60. The fraction of sp³-hybridized carbons (Fsp3) is 0.174. The molecule has 3 heterocycles. The average molecular weight is 383 g/mol. The molecule has 6 heteroatoms. The molecular formula is C23H21N5O. The van der Waals surface area contributed by atoms with Crippen molar-refractivity contribution in [3.05, 3.63) is 102 Å². The Labute approximate surface area is 169 Å². The summed E-state index contributed by atoms with van der Waals surface area (Å²) in [6.07, 6.45) is 7.54. The quantitative estimate of drug-likeness (QED) is 0.545. The van der Waals surface area contributed by atoms with E-state index in [2.05, 4.69) is 28.4 Å². The van der Waals surface area contributed by atoms with Crippen LogP contribution in [0.25, 0.3) is 5.69 Å². The van der Waals surface area contributed by atoms with Crippen molar-refractivity contribution in [3.63, 3.8) is 0 Å². The molecule has 0 saturated carbocycles. The zero-order valence-corrected chi connectivity index (χ0v) is 16.1. The molecule has 0 radical (unpaired) electrons. The van der Waals surface area contributed by atoms with Crippen LogP contribution in [-0.2, 0) is 13.6 Å². The predicted molar refractivity (Wildman–Crippen MR) is 110 cm³/mol. The second-order valence-corrected chi connectivity index (χ2v) is 7.39. The zero-order chi connectivity index (χ0) is 19.8. The maximum absolute atomic E-state index is 13.4. The number of aryl methyl sites for hydroxylation is 1. The number of carbonyl (C=O) groups excluding carboxylic acids is 1. The van der Waals surface area contributed by atoms with Gasteiger partial charge in [0.25, 0.3) is 5.91 Å². The van der Waals surface area contributed by atoms with Gasteiger partial charge in [-0.2, -0.15) is 10.2 Å². The third-order valence-electron chi connectivity index (χ3n) is 5.47. The summed E-state index contributed by atoms with van der Waals surface area (Å²) < 4.78 is 3.58. The van der Waals surface area contributed by atoms with Gasteiger partial charge in [0.15, 0.2) is 0 Å². The molecule has 0 unspecified atom stereocenters. The summed E-state index contributed by atoms with van der Waals surface area (Å²) >= 11 is 0. The third kappa shape index (κ3) is 3.23. The Morgan fingerprint density at radius 2 is 1.97 bits per heavy atom. The average Bonchev–Trinajstić information content (AvgIpc) is 3.44. The molecule has 1 aliphatic heterocycles. The first kappa shape index (κ1) is 17.4. The van der Waals surface area contributed by atoms with E-state index >= 15 is 0 Å². The minimum Gasteiger partial charge on any atom is -0.333 e. The molecule has 2 aromatic heterocycles. The van der Waals surface area contributed by atoms with Gasteiger partial charge >= 0.3 is 0 Å². The lowest BCUT2D eigenvalue weighted by molar-refractivity contribution is 0.0725. The zero-order valence-electron chi connectivity index (χ0n) is 16.1. The van der Waals surface area contributed by atoms with Crippen LogP contribution in [0, 0.1) is 0 Å². The normalized spacial score (nSPS) is 15.9. The smallest absolute Gasteiger partial charge is 0.254 e. The van der Waals surface area contributed by atoms with Crippen molar-refractivity contribution < 1.29 is 4.79 Å². The summed E-state index contributed by atoms with van der Waals surface area (Å²) in [7, 11) is 1.92. The van der Waals surface area contributed by atoms with E-state index in [0.29, 0.717) is 18.7 Å². The Morgan fingerprint density at radius 3 is 2.76 bits per heavy atom. The lowest BCUT2D eigenvalue weighted by Crippen LogP contribution is -2.38. The van der Waals surface area contributed by atoms with Crippen LogP contribution in [0.15, 0.2) is 79.4 Å². The number of benzene rings is 2. The van der Waals surface area contributed by atoms with E-state index in [4.69, 9.17) is 0 Å². The van der Waals surface area contributed by atoms with Crippen molar-refractivity contribution in [2.24, 2.45) is 7.05 Å². The van der Waals surface area contributed by atoms with Crippen molar-refractivity contribution >= 4 is 5.91 Å². The third-order valence-corrected chi connectivity index (χ3v) is 5.47. The van der Waals surface area contributed by atoms with Crippen molar-refractivity contribution in [1.82, 2.24) is 24.5 Å². The van der Waals surface area contributed by atoms with E-state index in [1.165, 1.54) is 11.1 Å². The first-order chi connectivity index (χ1) is 14.2. The molecular weight excluding hydrogens is 362 g/mol. The van der Waals surface area contributed by atoms with Crippen LogP contribution in [0.2, 0.25) is 0 Å². The lowest BCUT2D eigenvalue weighted by Gasteiger charge is -2.34. The van der Waals surface area contributed by atoms with Gasteiger partial charge < -0.3 is 4.90 Å². The molecule has 1 amide bonds. The molecule has 5 rings (SSSR count). The Balaban J connectivity index is 1.49. The van der Waals surface area contributed by atoms with E-state index in [0.717, 1.165) is 11.3 Å². The summed E-state index contributed by atoms with van der Waals surface area (Å²) in [6, 6.07) is 17.9. The Kier molecular flexibility index (Phi) is 4.24. The van der Waals surface area contributed by atoms with Crippen LogP contribution in [0.4, 0.5) is 0 Å². The Morgan fingerprint density at radius 1 is 1.07 bits per heavy atom. The molecule has 0 spiro atoms. The van der Waals surface area contributed by atoms with Gasteiger partial charge in [0.05, 0.1) is 11.9 Å². The number of rotatable bonds is 3. The number of hydrogen-bond acceptors (Lipinski definition) is 3. The SMILES string of the molecule is Cn1cc([C@H]2CN(C(=O)c3cccc(-n4cccn4)c3)Cc3ccccc32)cn1. The Hall–Kier alpha value is -3.67. The van der Waals surface area contributed by atoms with Gasteiger partial charge in [0, 0.05) is 50.2 Å². The highest BCUT2D eigenvalue weighted by Crippen LogP contribution is 2.34. The van der Waals surface area contributed by atoms with E-state index in [-0.39, 0.29) is 11.8 Å². The number of amides is 1. The number of aromatic nitrogens is 4. The second-order valence-electron chi connectivity index (χ2n) is 7.39. The summed E-state index contributed by atoms with van der Waals surface area (Å²) in [5.41, 5.74) is 5.13. The van der Waals surface area contributed by atoms with Crippen molar-refractivity contribution in [2.45, 2.75) is 12.5 Å². The van der Waals surface area contributed by atoms with Gasteiger partial charge in [0.1, 0.15) is 0 Å². The van der Waals surface area contributed by atoms with Gasteiger partial charge in [-0.05, 0) is 41.0 Å². The molecule has 1 atom stereocenters. The topological polar surface area (TPSA) is 56.0 Å². The maximum Gasteiger partial charge on any atom is 0.254 e. The molecule has 0 saturated heterocycles. The highest BCUT2D eigenvalue weighted by atomic mass is 16.2. The van der Waals surface area contributed by atoms with Gasteiger partial charge in [-0.3, -0.25) is 9.48 Å². The molecule has 4 aromatic rings. The molecule has 0 bridgehead atoms. The molecule has 6 nitrogen and oxygen atoms in total. The van der Waals surface area contributed by atoms with Gasteiger partial charge in [-0.1, -0.05) is 30.3 Å². The first-order valence-corrected chi connectivity index (χ1v) is 9.65. The molecule has 144 valence electrons. The van der Waals surface area contributed by atoms with Crippen LogP contribution in [-0.4, -0.2) is 36.9 Å². The summed E-state index contributed by atoms with van der Waals surface area (Å²) in [6.45, 7) is 1.24. The van der Waals surface area contributed by atoms with Crippen molar-refractivity contribution in [2.75, 3.05) is 6.54 Å². The van der Waals surface area contributed by atoms with Gasteiger partial charge in [-0.25, -0.2) is 4.68 Å². The summed E-state index contributed by atoms with van der Waals surface area (Å²) in [4.78, 5) is 15.3. The maximum atomic E-state index is 13.4. The monoisotopic (exact) mass is 383 g/mol. The van der Waals surface area contributed by atoms with Crippen LogP contribution < -0.4 is 0 Å². The van der Waals surface area contributed by atoms with Crippen molar-refractivity contribution in [1.29, 1.82) is 0 Å². The largest absolute Gasteiger partial charge is 0.333 e. The molecule has 0 aliphatic carbocycles. The fourth-order valence-corrected chi connectivity index (χ4v) is 4.05. The molecule has 29 heavy (non-hydrogen) atoms. The minimum atomic E-state index is 0.0300. The minimum absolute atomic E-state index is 0.0300. The summed E-state index contributed by atoms with van der Waals surface area (Å²) in [5.74, 6) is 0.147. The van der Waals surface area contributed by atoms with E-state index in [1.807, 2.05) is 71.6 Å². The predicted octanol–water partition coefficient (Wildman–Crippen LogP) is 3.39. The van der Waals surface area contributed by atoms with Crippen LogP contribution in [0.1, 0.15) is 33.0 Å². The number of carbonyl (C=O) groups is 1. The highest BCUT2D eigenvalue weighted by Gasteiger charge is 2.30. The van der Waals surface area contributed by atoms with Crippen LogP contribution in [0.5, 0.6) is 0 Å². The fourth-order valence-electron chi connectivity index (χ4n) is 4.05. The van der Waals surface area contributed by atoms with E-state index in [9.17, 15) is 4.79 Å². The van der Waals surface area contributed by atoms with Gasteiger partial charge in [0.2, 0.25) is 0 Å². The van der Waals surface area contributed by atoms with Crippen molar-refractivity contribution in [3.8, 4) is 5.69 Å². The molecule has 0 N–H and O–H groups in total. The number of fused-ring (bicyclic) bond motifs is 1. The lowest BCUT2D eigenvalue weighted by atomic mass is 9.86. The molecule has 0 fully saturated rings. The van der Waals surface area contributed by atoms with E-state index in [1.54, 1.807) is 10.9 Å². The molecule has 2 aromatic carbocycles. The Bertz CT molecular complexity index is 1160. The van der Waals surface area contributed by atoms with Crippen LogP contribution >= 0.6 is 0 Å². The highest BCUT2D eigenvalue weighted by molar-refractivity contribution is 5.95. The number of nitrogens with zero attached hydrogens (tertiary/aromatic N) is 5. The molecule has 1 aliphatic rings. The number of hydrogen-bond donors (Lipinski definition) is 0. The van der Waals surface area contributed by atoms with Gasteiger partial charge in [-0.15, -0.1) is 0 Å².